The Morgan fingerprint density at radius 3 is 2.44 bits per heavy atom. The second-order valence-electron chi connectivity index (χ2n) is 6.49. The molecule has 1 aliphatic heterocycles. The third kappa shape index (κ3) is 4.36. The fourth-order valence-electron chi connectivity index (χ4n) is 3.23. The monoisotopic (exact) mass is 375 g/mol. The predicted molar refractivity (Wildman–Crippen MR) is 101 cm³/mol. The number of ether oxygens (including phenoxy) is 1. The van der Waals surface area contributed by atoms with Crippen molar-refractivity contribution in [2.24, 2.45) is 0 Å². The van der Waals surface area contributed by atoms with E-state index in [1.54, 1.807) is 7.11 Å². The van der Waals surface area contributed by atoms with Crippen molar-refractivity contribution < 1.29 is 18.3 Å². The zero-order valence-corrected chi connectivity index (χ0v) is 15.4. The van der Waals surface area contributed by atoms with E-state index >= 15 is 0 Å². The van der Waals surface area contributed by atoms with Gasteiger partial charge in [-0.2, -0.15) is 0 Å². The van der Waals surface area contributed by atoms with Gasteiger partial charge in [0.2, 0.25) is 5.91 Å². The van der Waals surface area contributed by atoms with Crippen molar-refractivity contribution in [3.63, 3.8) is 0 Å². The largest absolute Gasteiger partial charge is 0.495 e. The number of benzene rings is 2. The standard InChI is InChI=1S/C20H23F2N3O2/c1-14(20(26)23-15-7-8-16(21)17(22)13-15)24-9-11-25(12-10-24)18-5-3-4-6-19(18)27-2/h3-8,13-14H,9-12H2,1-2H3,(H,23,26)/t14-/m1/s1. The van der Waals surface area contributed by atoms with E-state index in [4.69, 9.17) is 4.74 Å². The summed E-state index contributed by atoms with van der Waals surface area (Å²) in [6.45, 7) is 4.77. The Morgan fingerprint density at radius 1 is 1.07 bits per heavy atom. The highest BCUT2D eigenvalue weighted by molar-refractivity contribution is 5.94. The van der Waals surface area contributed by atoms with Gasteiger partial charge in [-0.05, 0) is 31.2 Å². The first-order chi connectivity index (χ1) is 13.0. The zero-order chi connectivity index (χ0) is 19.4. The van der Waals surface area contributed by atoms with Gasteiger partial charge in [-0.15, -0.1) is 0 Å². The number of anilines is 2. The van der Waals surface area contributed by atoms with Crippen LogP contribution in [0.5, 0.6) is 5.75 Å². The minimum atomic E-state index is -0.981. The van der Waals surface area contributed by atoms with Gasteiger partial charge in [0.25, 0.3) is 0 Å². The second-order valence-corrected chi connectivity index (χ2v) is 6.49. The molecule has 1 aliphatic rings. The lowest BCUT2D eigenvalue weighted by atomic mass is 10.2. The van der Waals surface area contributed by atoms with Gasteiger partial charge in [0.15, 0.2) is 11.6 Å². The first-order valence-corrected chi connectivity index (χ1v) is 8.87. The molecule has 2 aromatic carbocycles. The molecule has 7 heteroatoms. The van der Waals surface area contributed by atoms with E-state index in [1.165, 1.54) is 6.07 Å². The Morgan fingerprint density at radius 2 is 1.78 bits per heavy atom. The summed E-state index contributed by atoms with van der Waals surface area (Å²) in [5.41, 5.74) is 1.29. The quantitative estimate of drug-likeness (QED) is 0.872. The van der Waals surface area contributed by atoms with Crippen molar-refractivity contribution >= 4 is 17.3 Å². The van der Waals surface area contributed by atoms with Gasteiger partial charge < -0.3 is 15.0 Å². The highest BCUT2D eigenvalue weighted by Gasteiger charge is 2.26. The molecule has 1 amide bonds. The number of rotatable bonds is 5. The van der Waals surface area contributed by atoms with E-state index in [0.29, 0.717) is 13.1 Å². The van der Waals surface area contributed by atoms with Crippen molar-refractivity contribution in [2.45, 2.75) is 13.0 Å². The fraction of sp³-hybridized carbons (Fsp3) is 0.350. The zero-order valence-electron chi connectivity index (χ0n) is 15.4. The van der Waals surface area contributed by atoms with E-state index in [9.17, 15) is 13.6 Å². The van der Waals surface area contributed by atoms with E-state index in [0.717, 1.165) is 36.7 Å². The van der Waals surface area contributed by atoms with E-state index in [-0.39, 0.29) is 17.6 Å². The van der Waals surface area contributed by atoms with E-state index < -0.39 is 11.6 Å². The molecule has 1 N–H and O–H groups in total. The average Bonchev–Trinajstić information content (AvgIpc) is 2.70. The van der Waals surface area contributed by atoms with Crippen LogP contribution in [0.3, 0.4) is 0 Å². The van der Waals surface area contributed by atoms with Crippen LogP contribution in [0.25, 0.3) is 0 Å². The van der Waals surface area contributed by atoms with Crippen molar-refractivity contribution in [3.05, 3.63) is 54.1 Å². The van der Waals surface area contributed by atoms with Crippen LogP contribution in [0.2, 0.25) is 0 Å². The number of nitrogens with zero attached hydrogens (tertiary/aromatic N) is 2. The number of carbonyl (C=O) groups excluding carboxylic acids is 1. The van der Waals surface area contributed by atoms with Gasteiger partial charge in [-0.1, -0.05) is 12.1 Å². The van der Waals surface area contributed by atoms with Crippen LogP contribution in [0.4, 0.5) is 20.2 Å². The summed E-state index contributed by atoms with van der Waals surface area (Å²) in [6.07, 6.45) is 0. The first kappa shape index (κ1) is 19.1. The summed E-state index contributed by atoms with van der Waals surface area (Å²) >= 11 is 0. The van der Waals surface area contributed by atoms with Crippen molar-refractivity contribution in [3.8, 4) is 5.75 Å². The Bertz CT molecular complexity index is 808. The molecule has 27 heavy (non-hydrogen) atoms. The van der Waals surface area contributed by atoms with Crippen molar-refractivity contribution in [2.75, 3.05) is 43.5 Å². The summed E-state index contributed by atoms with van der Waals surface area (Å²) in [6, 6.07) is 10.8. The number of hydrogen-bond donors (Lipinski definition) is 1. The maximum absolute atomic E-state index is 13.3. The third-order valence-electron chi connectivity index (χ3n) is 4.85. The molecule has 5 nitrogen and oxygen atoms in total. The molecule has 1 atom stereocenters. The molecule has 0 bridgehead atoms. The van der Waals surface area contributed by atoms with Gasteiger partial charge in [0.05, 0.1) is 18.8 Å². The molecule has 0 unspecified atom stereocenters. The lowest BCUT2D eigenvalue weighted by molar-refractivity contribution is -0.120. The minimum Gasteiger partial charge on any atom is -0.495 e. The molecule has 1 saturated heterocycles. The number of amides is 1. The smallest absolute Gasteiger partial charge is 0.241 e. The molecule has 0 aliphatic carbocycles. The summed E-state index contributed by atoms with van der Waals surface area (Å²) < 4.78 is 31.7. The van der Waals surface area contributed by atoms with Gasteiger partial charge in [0.1, 0.15) is 5.75 Å². The molecular weight excluding hydrogens is 352 g/mol. The van der Waals surface area contributed by atoms with Crippen LogP contribution >= 0.6 is 0 Å². The number of halogens is 2. The van der Waals surface area contributed by atoms with Crippen LogP contribution in [-0.4, -0.2) is 50.1 Å². The normalized spacial score (nSPS) is 16.1. The maximum Gasteiger partial charge on any atom is 0.241 e. The van der Waals surface area contributed by atoms with Crippen LogP contribution < -0.4 is 15.0 Å². The Labute approximate surface area is 157 Å². The minimum absolute atomic E-state index is 0.244. The molecule has 0 spiro atoms. The average molecular weight is 375 g/mol. The lowest BCUT2D eigenvalue weighted by Crippen LogP contribution is -2.52. The van der Waals surface area contributed by atoms with Crippen LogP contribution in [0, 0.1) is 11.6 Å². The highest BCUT2D eigenvalue weighted by Crippen LogP contribution is 2.28. The Kier molecular flexibility index (Phi) is 5.91. The predicted octanol–water partition coefficient (Wildman–Crippen LogP) is 3.12. The Hall–Kier alpha value is -2.67. The second kappa shape index (κ2) is 8.35. The fourth-order valence-corrected chi connectivity index (χ4v) is 3.23. The van der Waals surface area contributed by atoms with Crippen molar-refractivity contribution in [1.82, 2.24) is 4.90 Å². The topological polar surface area (TPSA) is 44.8 Å². The number of para-hydroxylation sites is 2. The molecule has 0 aromatic heterocycles. The van der Waals surface area contributed by atoms with E-state index in [1.807, 2.05) is 31.2 Å². The summed E-state index contributed by atoms with van der Waals surface area (Å²) in [4.78, 5) is 16.8. The SMILES string of the molecule is COc1ccccc1N1CCN([C@H](C)C(=O)Nc2ccc(F)c(F)c2)CC1. The molecule has 144 valence electrons. The summed E-state index contributed by atoms with van der Waals surface area (Å²) in [7, 11) is 1.65. The van der Waals surface area contributed by atoms with Gasteiger partial charge in [0, 0.05) is 37.9 Å². The molecule has 1 heterocycles. The van der Waals surface area contributed by atoms with Crippen molar-refractivity contribution in [1.29, 1.82) is 0 Å². The van der Waals surface area contributed by atoms with Crippen LogP contribution in [0.1, 0.15) is 6.92 Å². The molecular formula is C20H23F2N3O2. The Balaban J connectivity index is 1.58. The first-order valence-electron chi connectivity index (χ1n) is 8.87. The van der Waals surface area contributed by atoms with Crippen LogP contribution in [-0.2, 0) is 4.79 Å². The van der Waals surface area contributed by atoms with E-state index in [2.05, 4.69) is 15.1 Å². The molecule has 0 radical (unpaired) electrons. The number of nitrogens with one attached hydrogen (secondary N) is 1. The molecule has 2 aromatic rings. The van der Waals surface area contributed by atoms with Gasteiger partial charge in [-0.3, -0.25) is 9.69 Å². The summed E-state index contributed by atoms with van der Waals surface area (Å²) in [5, 5.41) is 2.65. The molecule has 3 rings (SSSR count). The van der Waals surface area contributed by atoms with Gasteiger partial charge >= 0.3 is 0 Å². The van der Waals surface area contributed by atoms with Crippen LogP contribution in [0.15, 0.2) is 42.5 Å². The number of carbonyl (C=O) groups is 1. The number of methoxy groups -OCH3 is 1. The maximum atomic E-state index is 13.3. The highest BCUT2D eigenvalue weighted by atomic mass is 19.2. The third-order valence-corrected chi connectivity index (χ3v) is 4.85. The number of piperazine rings is 1. The lowest BCUT2D eigenvalue weighted by Gasteiger charge is -2.38. The summed E-state index contributed by atoms with van der Waals surface area (Å²) in [5.74, 6) is -1.33. The van der Waals surface area contributed by atoms with Gasteiger partial charge in [-0.25, -0.2) is 8.78 Å². The number of hydrogen-bond acceptors (Lipinski definition) is 4. The molecule has 1 fully saturated rings. The molecule has 0 saturated carbocycles.